The molecule has 9 heteroatoms. The first kappa shape index (κ1) is 24.2. The molecular formula is C23H32N2O7. The highest BCUT2D eigenvalue weighted by molar-refractivity contribution is 6.03. The van der Waals surface area contributed by atoms with Gasteiger partial charge < -0.3 is 29.4 Å². The summed E-state index contributed by atoms with van der Waals surface area (Å²) < 4.78 is 22.9. The van der Waals surface area contributed by atoms with E-state index in [-0.39, 0.29) is 12.2 Å². The summed E-state index contributed by atoms with van der Waals surface area (Å²) in [7, 11) is 0. The van der Waals surface area contributed by atoms with E-state index < -0.39 is 48.0 Å². The highest BCUT2D eigenvalue weighted by atomic mass is 16.8. The summed E-state index contributed by atoms with van der Waals surface area (Å²) in [5, 5.41) is 15.8. The molecule has 3 amide bonds. The van der Waals surface area contributed by atoms with Gasteiger partial charge in [-0.3, -0.25) is 10.1 Å². The standard InChI is InChI=1S/C23H32N2O7/c1-5-29-11-14(2)21(27)25-22(28)24-17-18(26)16(19-20(17)32-23(3,4)31-19)13-30-12-15-9-7-6-8-10-15/h6-11,16-20,26H,5,12-13H2,1-4H3,(H2,24,25,27,28). The summed E-state index contributed by atoms with van der Waals surface area (Å²) in [5.74, 6) is -1.87. The molecule has 1 aliphatic carbocycles. The molecule has 0 spiro atoms. The minimum Gasteiger partial charge on any atom is -0.501 e. The number of fused-ring (bicyclic) bond motifs is 1. The monoisotopic (exact) mass is 448 g/mol. The molecular weight excluding hydrogens is 416 g/mol. The van der Waals surface area contributed by atoms with Gasteiger partial charge in [0, 0.05) is 11.5 Å². The molecule has 1 aromatic carbocycles. The van der Waals surface area contributed by atoms with Crippen molar-refractivity contribution in [1.82, 2.24) is 10.6 Å². The van der Waals surface area contributed by atoms with Crippen molar-refractivity contribution in [3.8, 4) is 0 Å². The van der Waals surface area contributed by atoms with Crippen molar-refractivity contribution in [3.63, 3.8) is 0 Å². The van der Waals surface area contributed by atoms with Gasteiger partial charge in [0.15, 0.2) is 5.79 Å². The lowest BCUT2D eigenvalue weighted by molar-refractivity contribution is -0.171. The van der Waals surface area contributed by atoms with Gasteiger partial charge in [-0.15, -0.1) is 0 Å². The maximum absolute atomic E-state index is 12.4. The van der Waals surface area contributed by atoms with Gasteiger partial charge in [0.1, 0.15) is 6.10 Å². The van der Waals surface area contributed by atoms with Gasteiger partial charge in [-0.1, -0.05) is 30.3 Å². The number of hydrogen-bond donors (Lipinski definition) is 3. The molecule has 2 fully saturated rings. The number of ether oxygens (including phenoxy) is 4. The van der Waals surface area contributed by atoms with E-state index in [0.29, 0.717) is 13.2 Å². The number of benzene rings is 1. The van der Waals surface area contributed by atoms with E-state index >= 15 is 0 Å². The van der Waals surface area contributed by atoms with E-state index in [9.17, 15) is 14.7 Å². The summed E-state index contributed by atoms with van der Waals surface area (Å²) in [6, 6.07) is 8.21. The van der Waals surface area contributed by atoms with Crippen LogP contribution in [-0.4, -0.2) is 60.4 Å². The van der Waals surface area contributed by atoms with Gasteiger partial charge in [-0.2, -0.15) is 0 Å². The third kappa shape index (κ3) is 5.86. The van der Waals surface area contributed by atoms with Crippen LogP contribution in [0.25, 0.3) is 0 Å². The molecule has 176 valence electrons. The lowest BCUT2D eigenvalue weighted by Gasteiger charge is -2.27. The number of aliphatic hydroxyl groups excluding tert-OH is 1. The second kappa shape index (κ2) is 10.4. The largest absolute Gasteiger partial charge is 0.501 e. The Morgan fingerprint density at radius 3 is 2.56 bits per heavy atom. The zero-order valence-corrected chi connectivity index (χ0v) is 18.9. The molecule has 3 N–H and O–H groups in total. The molecule has 1 heterocycles. The Labute approximate surface area is 188 Å². The van der Waals surface area contributed by atoms with Crippen molar-refractivity contribution in [2.45, 2.75) is 64.4 Å². The van der Waals surface area contributed by atoms with Gasteiger partial charge in [0.25, 0.3) is 5.91 Å². The Morgan fingerprint density at radius 1 is 1.19 bits per heavy atom. The summed E-state index contributed by atoms with van der Waals surface area (Å²) in [6.45, 7) is 7.92. The Bertz CT molecular complexity index is 827. The van der Waals surface area contributed by atoms with Crippen molar-refractivity contribution in [3.05, 3.63) is 47.7 Å². The van der Waals surface area contributed by atoms with Crippen molar-refractivity contribution in [2.75, 3.05) is 13.2 Å². The zero-order chi connectivity index (χ0) is 23.3. The Balaban J connectivity index is 1.62. The minimum atomic E-state index is -0.974. The predicted octanol–water partition coefficient (Wildman–Crippen LogP) is 1.85. The molecule has 2 aliphatic rings. The third-order valence-corrected chi connectivity index (χ3v) is 5.48. The number of rotatable bonds is 8. The lowest BCUT2D eigenvalue weighted by atomic mass is 10.0. The second-order valence-corrected chi connectivity index (χ2v) is 8.43. The average molecular weight is 449 g/mol. The van der Waals surface area contributed by atoms with E-state index in [4.69, 9.17) is 18.9 Å². The molecule has 3 rings (SSSR count). The van der Waals surface area contributed by atoms with E-state index in [1.54, 1.807) is 20.8 Å². The van der Waals surface area contributed by atoms with Crippen molar-refractivity contribution in [2.24, 2.45) is 5.92 Å². The molecule has 5 atom stereocenters. The molecule has 0 bridgehead atoms. The minimum absolute atomic E-state index is 0.228. The maximum Gasteiger partial charge on any atom is 0.322 e. The number of amides is 3. The van der Waals surface area contributed by atoms with Crippen LogP contribution in [0.1, 0.15) is 33.3 Å². The van der Waals surface area contributed by atoms with Crippen molar-refractivity contribution < 1.29 is 33.6 Å². The van der Waals surface area contributed by atoms with Gasteiger partial charge in [0.2, 0.25) is 0 Å². The summed E-state index contributed by atoms with van der Waals surface area (Å²) in [6.07, 6.45) is -0.722. The highest BCUT2D eigenvalue weighted by Gasteiger charge is 2.59. The van der Waals surface area contributed by atoms with Crippen LogP contribution < -0.4 is 10.6 Å². The molecule has 5 unspecified atom stereocenters. The Kier molecular flexibility index (Phi) is 7.89. The first-order valence-electron chi connectivity index (χ1n) is 10.8. The van der Waals surface area contributed by atoms with E-state index in [0.717, 1.165) is 5.56 Å². The van der Waals surface area contributed by atoms with Gasteiger partial charge >= 0.3 is 6.03 Å². The third-order valence-electron chi connectivity index (χ3n) is 5.48. The number of hydrogen-bond acceptors (Lipinski definition) is 7. The normalized spacial score (nSPS) is 28.8. The van der Waals surface area contributed by atoms with Crippen LogP contribution in [0.4, 0.5) is 4.79 Å². The Morgan fingerprint density at radius 2 is 1.88 bits per heavy atom. The van der Waals surface area contributed by atoms with E-state index in [1.165, 1.54) is 13.2 Å². The van der Waals surface area contributed by atoms with Crippen molar-refractivity contribution >= 4 is 11.9 Å². The second-order valence-electron chi connectivity index (χ2n) is 8.43. The molecule has 32 heavy (non-hydrogen) atoms. The SMILES string of the molecule is CCOC=C(C)C(=O)NC(=O)NC1C(O)C(COCc2ccccc2)C2OC(C)(C)OC12. The van der Waals surface area contributed by atoms with Crippen LogP contribution in [0.15, 0.2) is 42.2 Å². The first-order chi connectivity index (χ1) is 15.2. The molecule has 0 radical (unpaired) electrons. The Hall–Kier alpha value is -2.46. The number of nitrogens with one attached hydrogen (secondary N) is 2. The smallest absolute Gasteiger partial charge is 0.322 e. The topological polar surface area (TPSA) is 115 Å². The van der Waals surface area contributed by atoms with Crippen LogP contribution in [0.2, 0.25) is 0 Å². The van der Waals surface area contributed by atoms with Crippen molar-refractivity contribution in [1.29, 1.82) is 0 Å². The van der Waals surface area contributed by atoms with Gasteiger partial charge in [0.05, 0.1) is 44.3 Å². The van der Waals surface area contributed by atoms with Crippen LogP contribution in [0.5, 0.6) is 0 Å². The molecule has 1 aliphatic heterocycles. The van der Waals surface area contributed by atoms with Crippen LogP contribution in [-0.2, 0) is 30.3 Å². The average Bonchev–Trinajstić information content (AvgIpc) is 3.18. The van der Waals surface area contributed by atoms with Crippen LogP contribution >= 0.6 is 0 Å². The highest BCUT2D eigenvalue weighted by Crippen LogP contribution is 2.42. The maximum atomic E-state index is 12.4. The predicted molar refractivity (Wildman–Crippen MR) is 115 cm³/mol. The lowest BCUT2D eigenvalue weighted by Crippen LogP contribution is -2.53. The summed E-state index contributed by atoms with van der Waals surface area (Å²) in [4.78, 5) is 24.6. The summed E-state index contributed by atoms with van der Waals surface area (Å²) in [5.41, 5.74) is 1.27. The van der Waals surface area contributed by atoms with Crippen LogP contribution in [0.3, 0.4) is 0 Å². The van der Waals surface area contributed by atoms with E-state index in [2.05, 4.69) is 10.6 Å². The zero-order valence-electron chi connectivity index (χ0n) is 18.9. The fourth-order valence-electron chi connectivity index (χ4n) is 3.98. The quantitative estimate of drug-likeness (QED) is 0.411. The number of carbonyl (C=O) groups excluding carboxylic acids is 2. The van der Waals surface area contributed by atoms with Crippen LogP contribution in [0, 0.1) is 5.92 Å². The molecule has 1 saturated carbocycles. The first-order valence-corrected chi connectivity index (χ1v) is 10.8. The number of imide groups is 1. The van der Waals surface area contributed by atoms with E-state index in [1.807, 2.05) is 30.3 Å². The number of aliphatic hydroxyl groups is 1. The fourth-order valence-corrected chi connectivity index (χ4v) is 3.98. The van der Waals surface area contributed by atoms with Gasteiger partial charge in [-0.05, 0) is 33.3 Å². The molecule has 1 aromatic rings. The fraction of sp³-hybridized carbons (Fsp3) is 0.565. The number of carbonyl (C=O) groups is 2. The molecule has 0 aromatic heterocycles. The summed E-state index contributed by atoms with van der Waals surface area (Å²) >= 11 is 0. The number of urea groups is 1. The molecule has 1 saturated heterocycles. The van der Waals surface area contributed by atoms with Gasteiger partial charge in [-0.25, -0.2) is 4.79 Å². The molecule has 9 nitrogen and oxygen atoms in total.